The lowest BCUT2D eigenvalue weighted by atomic mass is 10.1. The molecule has 14 heteroatoms. The first-order valence-corrected chi connectivity index (χ1v) is 15.2. The van der Waals surface area contributed by atoms with Crippen LogP contribution in [-0.4, -0.2) is 44.3 Å². The van der Waals surface area contributed by atoms with Crippen molar-refractivity contribution in [2.45, 2.75) is 43.9 Å². The van der Waals surface area contributed by atoms with Gasteiger partial charge in [-0.25, -0.2) is 8.42 Å². The molecular weight excluding hydrogens is 638 g/mol. The smallest absolute Gasteiger partial charge is 0.354 e. The minimum absolute atomic E-state index is 0.197. The predicted molar refractivity (Wildman–Crippen MR) is 157 cm³/mol. The normalized spacial score (nSPS) is 12.5. The zero-order valence-corrected chi connectivity index (χ0v) is 25.5. The summed E-state index contributed by atoms with van der Waals surface area (Å²) in [6, 6.07) is 12.9. The number of nitrogens with one attached hydrogen (secondary N) is 1. The highest BCUT2D eigenvalue weighted by atomic mass is 35.5. The molecular formula is C28H27Cl3F3N3O4S. The summed E-state index contributed by atoms with van der Waals surface area (Å²) < 4.78 is 69.2. The largest absolute Gasteiger partial charge is 0.417 e. The Morgan fingerprint density at radius 1 is 0.952 bits per heavy atom. The second-order valence-electron chi connectivity index (χ2n) is 9.21. The van der Waals surface area contributed by atoms with E-state index in [9.17, 15) is 31.2 Å². The van der Waals surface area contributed by atoms with Gasteiger partial charge >= 0.3 is 6.18 Å². The van der Waals surface area contributed by atoms with Crippen LogP contribution in [0.2, 0.25) is 15.1 Å². The first-order valence-electron chi connectivity index (χ1n) is 12.6. The van der Waals surface area contributed by atoms with Crippen molar-refractivity contribution in [2.75, 3.05) is 17.4 Å². The van der Waals surface area contributed by atoms with Crippen molar-refractivity contribution in [3.05, 3.63) is 92.9 Å². The summed E-state index contributed by atoms with van der Waals surface area (Å²) >= 11 is 18.1. The Morgan fingerprint density at radius 2 is 1.62 bits per heavy atom. The SMILES string of the molecule is CCCNC(=O)[C@H](C)N(Cc1ccc(Cl)cc1Cl)C(=O)CN(c1ccc(Cl)c(C(F)(F)F)c1)S(=O)(=O)c1ccccc1. The maximum Gasteiger partial charge on any atom is 0.417 e. The molecule has 3 rings (SSSR count). The highest BCUT2D eigenvalue weighted by Crippen LogP contribution is 2.38. The second kappa shape index (κ2) is 14.0. The van der Waals surface area contributed by atoms with Gasteiger partial charge in [0, 0.05) is 23.1 Å². The fraction of sp³-hybridized carbons (Fsp3) is 0.286. The van der Waals surface area contributed by atoms with Gasteiger partial charge in [-0.15, -0.1) is 0 Å². The number of hydrogen-bond donors (Lipinski definition) is 1. The topological polar surface area (TPSA) is 86.8 Å². The van der Waals surface area contributed by atoms with Crippen LogP contribution in [0, 0.1) is 0 Å². The van der Waals surface area contributed by atoms with E-state index in [0.29, 0.717) is 33.9 Å². The van der Waals surface area contributed by atoms with Crippen molar-refractivity contribution in [1.82, 2.24) is 10.2 Å². The number of carbonyl (C=O) groups excluding carboxylic acids is 2. The van der Waals surface area contributed by atoms with Crippen LogP contribution in [-0.2, 0) is 32.3 Å². The van der Waals surface area contributed by atoms with E-state index in [1.807, 2.05) is 6.92 Å². The summed E-state index contributed by atoms with van der Waals surface area (Å²) in [5.74, 6) is -1.39. The Bertz CT molecular complexity index is 1540. The molecule has 2 amide bonds. The molecule has 0 bridgehead atoms. The van der Waals surface area contributed by atoms with E-state index < -0.39 is 56.9 Å². The molecule has 0 aliphatic rings. The third kappa shape index (κ3) is 8.09. The van der Waals surface area contributed by atoms with Crippen molar-refractivity contribution in [3.8, 4) is 0 Å². The number of carbonyl (C=O) groups is 2. The zero-order chi connectivity index (χ0) is 31.2. The van der Waals surface area contributed by atoms with Gasteiger partial charge in [-0.1, -0.05) is 66.0 Å². The van der Waals surface area contributed by atoms with Crippen molar-refractivity contribution in [1.29, 1.82) is 0 Å². The molecule has 0 radical (unpaired) electrons. The number of amides is 2. The molecule has 0 spiro atoms. The van der Waals surface area contributed by atoms with Gasteiger partial charge in [0.1, 0.15) is 12.6 Å². The summed E-state index contributed by atoms with van der Waals surface area (Å²) in [5, 5.41) is 2.58. The number of hydrogen-bond acceptors (Lipinski definition) is 4. The third-order valence-corrected chi connectivity index (χ3v) is 8.93. The van der Waals surface area contributed by atoms with E-state index in [0.717, 1.165) is 17.0 Å². The van der Waals surface area contributed by atoms with Crippen molar-refractivity contribution in [2.24, 2.45) is 0 Å². The molecule has 1 atom stereocenters. The van der Waals surface area contributed by atoms with Gasteiger partial charge in [0.25, 0.3) is 10.0 Å². The number of alkyl halides is 3. The molecule has 0 fully saturated rings. The molecule has 226 valence electrons. The number of nitrogens with zero attached hydrogens (tertiary/aromatic N) is 2. The fourth-order valence-corrected chi connectivity index (χ4v) is 6.07. The molecule has 0 aliphatic carbocycles. The molecule has 42 heavy (non-hydrogen) atoms. The highest BCUT2D eigenvalue weighted by molar-refractivity contribution is 7.92. The third-order valence-electron chi connectivity index (χ3n) is 6.23. The molecule has 0 saturated heterocycles. The van der Waals surface area contributed by atoms with Crippen LogP contribution in [0.5, 0.6) is 0 Å². The molecule has 0 saturated carbocycles. The van der Waals surface area contributed by atoms with E-state index in [4.69, 9.17) is 34.8 Å². The maximum absolute atomic E-state index is 13.9. The Balaban J connectivity index is 2.12. The lowest BCUT2D eigenvalue weighted by molar-refractivity contribution is -0.139. The monoisotopic (exact) mass is 663 g/mol. The number of halogens is 6. The molecule has 7 nitrogen and oxygen atoms in total. The molecule has 0 heterocycles. The molecule has 0 aliphatic heterocycles. The summed E-state index contributed by atoms with van der Waals surface area (Å²) in [5.41, 5.74) is -1.32. The minimum Gasteiger partial charge on any atom is -0.354 e. The quantitative estimate of drug-likeness (QED) is 0.244. The Morgan fingerprint density at radius 3 is 2.21 bits per heavy atom. The van der Waals surface area contributed by atoms with Gasteiger partial charge < -0.3 is 10.2 Å². The zero-order valence-electron chi connectivity index (χ0n) is 22.5. The van der Waals surface area contributed by atoms with Gasteiger partial charge in [-0.05, 0) is 61.4 Å². The first-order chi connectivity index (χ1) is 19.7. The number of anilines is 1. The van der Waals surface area contributed by atoms with Gasteiger partial charge in [0.05, 0.1) is 21.2 Å². The van der Waals surface area contributed by atoms with Crippen LogP contribution in [0.25, 0.3) is 0 Å². The van der Waals surface area contributed by atoms with Gasteiger partial charge in [-0.3, -0.25) is 13.9 Å². The predicted octanol–water partition coefficient (Wildman–Crippen LogP) is 6.80. The number of rotatable bonds is 11. The highest BCUT2D eigenvalue weighted by Gasteiger charge is 2.37. The maximum atomic E-state index is 13.9. The van der Waals surface area contributed by atoms with Crippen molar-refractivity contribution < 1.29 is 31.2 Å². The average Bonchev–Trinajstić information content (AvgIpc) is 2.94. The standard InChI is InChI=1S/C28H27Cl3F3N3O4S/c1-3-13-35-27(39)18(2)36(16-19-9-10-20(29)14-25(19)31)26(38)17-37(42(40,41)22-7-5-4-6-8-22)21-11-12-24(30)23(15-21)28(32,33)34/h4-12,14-15,18H,3,13,16-17H2,1-2H3,(H,35,39)/t18-/m0/s1. The molecule has 3 aromatic carbocycles. The number of benzene rings is 3. The first kappa shape index (κ1) is 33.5. The summed E-state index contributed by atoms with van der Waals surface area (Å²) in [6.45, 7) is 2.46. The molecule has 1 N–H and O–H groups in total. The van der Waals surface area contributed by atoms with E-state index in [1.165, 1.54) is 43.3 Å². The molecule has 3 aromatic rings. The Hall–Kier alpha value is -2.99. The molecule has 0 unspecified atom stereocenters. The summed E-state index contributed by atoms with van der Waals surface area (Å²) in [4.78, 5) is 27.6. The Labute approximate surface area is 257 Å². The van der Waals surface area contributed by atoms with Crippen LogP contribution in [0.1, 0.15) is 31.4 Å². The van der Waals surface area contributed by atoms with Crippen LogP contribution in [0.15, 0.2) is 71.6 Å². The van der Waals surface area contributed by atoms with Crippen LogP contribution in [0.3, 0.4) is 0 Å². The summed E-state index contributed by atoms with van der Waals surface area (Å²) in [6.07, 6.45) is -4.28. The van der Waals surface area contributed by atoms with E-state index in [-0.39, 0.29) is 16.5 Å². The lowest BCUT2D eigenvalue weighted by Gasteiger charge is -2.32. The molecule has 0 aromatic heterocycles. The van der Waals surface area contributed by atoms with Gasteiger partial charge in [0.2, 0.25) is 11.8 Å². The minimum atomic E-state index is -4.90. The van der Waals surface area contributed by atoms with Crippen LogP contribution in [0.4, 0.5) is 18.9 Å². The van der Waals surface area contributed by atoms with Gasteiger partial charge in [-0.2, -0.15) is 13.2 Å². The van der Waals surface area contributed by atoms with E-state index in [2.05, 4.69) is 5.32 Å². The van der Waals surface area contributed by atoms with Crippen molar-refractivity contribution >= 4 is 62.3 Å². The van der Waals surface area contributed by atoms with Gasteiger partial charge in [0.15, 0.2) is 0 Å². The summed E-state index contributed by atoms with van der Waals surface area (Å²) in [7, 11) is -4.57. The lowest BCUT2D eigenvalue weighted by Crippen LogP contribution is -2.51. The fourth-order valence-electron chi connectivity index (χ4n) is 3.95. The second-order valence-corrected chi connectivity index (χ2v) is 12.3. The Kier molecular flexibility index (Phi) is 11.2. The van der Waals surface area contributed by atoms with Crippen LogP contribution < -0.4 is 9.62 Å². The van der Waals surface area contributed by atoms with E-state index >= 15 is 0 Å². The van der Waals surface area contributed by atoms with Crippen molar-refractivity contribution in [3.63, 3.8) is 0 Å². The average molecular weight is 665 g/mol. The van der Waals surface area contributed by atoms with E-state index in [1.54, 1.807) is 12.1 Å². The number of sulfonamides is 1. The van der Waals surface area contributed by atoms with Crippen LogP contribution >= 0.6 is 34.8 Å².